The van der Waals surface area contributed by atoms with Crippen molar-refractivity contribution in [2.24, 2.45) is 35.1 Å². The Morgan fingerprint density at radius 1 is 0.625 bits per heavy atom. The Labute approximate surface area is 282 Å². The van der Waals surface area contributed by atoms with Gasteiger partial charge in [0.2, 0.25) is 41.4 Å². The van der Waals surface area contributed by atoms with Crippen molar-refractivity contribution in [3.05, 3.63) is 0 Å². The fourth-order valence-electron chi connectivity index (χ4n) is 4.33. The fourth-order valence-corrected chi connectivity index (χ4v) is 4.33. The number of primary amides is 1. The summed E-state index contributed by atoms with van der Waals surface area (Å²) in [5.74, 6) is -7.78. The van der Waals surface area contributed by atoms with E-state index < -0.39 is 108 Å². The van der Waals surface area contributed by atoms with Gasteiger partial charge >= 0.3 is 5.97 Å². The van der Waals surface area contributed by atoms with E-state index in [-0.39, 0.29) is 18.8 Å². The molecule has 17 nitrogen and oxygen atoms in total. The Morgan fingerprint density at radius 3 is 1.50 bits per heavy atom. The Kier molecular flexibility index (Phi) is 19.0. The maximum Gasteiger partial charge on any atom is 0.326 e. The van der Waals surface area contributed by atoms with E-state index in [0.717, 1.165) is 0 Å². The minimum Gasteiger partial charge on any atom is -0.480 e. The van der Waals surface area contributed by atoms with Gasteiger partial charge in [0, 0.05) is 6.42 Å². The first-order valence-electron chi connectivity index (χ1n) is 16.2. The first-order chi connectivity index (χ1) is 22.1. The van der Waals surface area contributed by atoms with Crippen molar-refractivity contribution in [3.63, 3.8) is 0 Å². The molecule has 48 heavy (non-hydrogen) atoms. The van der Waals surface area contributed by atoms with Crippen LogP contribution in [0.2, 0.25) is 0 Å². The maximum absolute atomic E-state index is 13.3. The third-order valence-corrected chi connectivity index (χ3v) is 7.79. The van der Waals surface area contributed by atoms with E-state index in [1.807, 2.05) is 6.92 Å². The molecule has 274 valence electrons. The van der Waals surface area contributed by atoms with Crippen LogP contribution in [0.1, 0.15) is 81.6 Å². The van der Waals surface area contributed by atoms with Crippen molar-refractivity contribution in [2.45, 2.75) is 118 Å². The molecular weight excluding hydrogens is 628 g/mol. The molecule has 7 atom stereocenters. The first-order valence-corrected chi connectivity index (χ1v) is 16.2. The SMILES string of the molecule is CC[C@H](C)[C@H](N)C(=O)N[C@@H](C)C(=O)NCC(=O)N[C@@H](CCC(N)=O)C(=O)N[C@H](C(=O)N[C@H](C(=O)N[C@H](C(=O)O)C(C)C)C(C)C)C(C)C. The Hall–Kier alpha value is -4.28. The van der Waals surface area contributed by atoms with E-state index in [9.17, 15) is 43.5 Å². The summed E-state index contributed by atoms with van der Waals surface area (Å²) in [7, 11) is 0. The van der Waals surface area contributed by atoms with Crippen LogP contribution in [-0.4, -0.2) is 95.2 Å². The zero-order chi connectivity index (χ0) is 37.5. The highest BCUT2D eigenvalue weighted by Crippen LogP contribution is 2.10. The van der Waals surface area contributed by atoms with Gasteiger partial charge in [-0.1, -0.05) is 61.8 Å². The predicted octanol–water partition coefficient (Wildman–Crippen LogP) is -1.76. The van der Waals surface area contributed by atoms with Crippen LogP contribution in [0.25, 0.3) is 0 Å². The lowest BCUT2D eigenvalue weighted by Crippen LogP contribution is -2.60. The number of amides is 7. The molecule has 0 rings (SSSR count). The van der Waals surface area contributed by atoms with Crippen LogP contribution in [0.4, 0.5) is 0 Å². The number of rotatable bonds is 21. The number of nitrogens with two attached hydrogens (primary N) is 2. The van der Waals surface area contributed by atoms with Gasteiger partial charge in [-0.3, -0.25) is 33.6 Å². The molecule has 0 aromatic carbocycles. The first kappa shape index (κ1) is 43.7. The van der Waals surface area contributed by atoms with Gasteiger partial charge in [-0.15, -0.1) is 0 Å². The average molecular weight is 685 g/mol. The number of carbonyl (C=O) groups excluding carboxylic acids is 7. The van der Waals surface area contributed by atoms with E-state index in [2.05, 4.69) is 31.9 Å². The van der Waals surface area contributed by atoms with Crippen LogP contribution in [0.5, 0.6) is 0 Å². The summed E-state index contributed by atoms with van der Waals surface area (Å²) in [6.45, 7) is 14.3. The highest BCUT2D eigenvalue weighted by molar-refractivity contribution is 5.96. The van der Waals surface area contributed by atoms with Crippen LogP contribution in [0.3, 0.4) is 0 Å². The van der Waals surface area contributed by atoms with E-state index in [0.29, 0.717) is 6.42 Å². The topological polar surface area (TPSA) is 281 Å². The van der Waals surface area contributed by atoms with Crippen molar-refractivity contribution in [3.8, 4) is 0 Å². The summed E-state index contributed by atoms with van der Waals surface area (Å²) in [5, 5.41) is 24.3. The molecule has 0 aromatic rings. The van der Waals surface area contributed by atoms with Crippen LogP contribution < -0.4 is 43.4 Å². The molecule has 0 saturated carbocycles. The van der Waals surface area contributed by atoms with Crippen LogP contribution >= 0.6 is 0 Å². The molecular formula is C31H56N8O9. The van der Waals surface area contributed by atoms with Crippen LogP contribution in [0, 0.1) is 23.7 Å². The molecule has 7 amide bonds. The van der Waals surface area contributed by atoms with Gasteiger partial charge in [0.1, 0.15) is 30.2 Å². The minimum atomic E-state index is -1.34. The van der Waals surface area contributed by atoms with Gasteiger partial charge < -0.3 is 48.5 Å². The molecule has 0 fully saturated rings. The number of hydrogen-bond acceptors (Lipinski definition) is 9. The summed E-state index contributed by atoms with van der Waals surface area (Å²) < 4.78 is 0. The van der Waals surface area contributed by atoms with Gasteiger partial charge in [0.05, 0.1) is 12.6 Å². The van der Waals surface area contributed by atoms with Crippen molar-refractivity contribution < 1.29 is 43.5 Å². The third kappa shape index (κ3) is 15.1. The summed E-state index contributed by atoms with van der Waals surface area (Å²) in [5.41, 5.74) is 11.1. The normalized spacial score (nSPS) is 15.6. The molecule has 0 aliphatic heterocycles. The van der Waals surface area contributed by atoms with Crippen molar-refractivity contribution in [1.29, 1.82) is 0 Å². The number of carboxylic acid groups (broad SMARTS) is 1. The molecule has 11 N–H and O–H groups in total. The quantitative estimate of drug-likeness (QED) is 0.0656. The number of nitrogens with one attached hydrogen (secondary N) is 6. The Balaban J connectivity index is 5.63. The lowest BCUT2D eigenvalue weighted by molar-refractivity contribution is -0.144. The van der Waals surface area contributed by atoms with E-state index >= 15 is 0 Å². The summed E-state index contributed by atoms with van der Waals surface area (Å²) in [4.78, 5) is 100. The second kappa shape index (κ2) is 20.8. The largest absolute Gasteiger partial charge is 0.480 e. The number of aliphatic carboxylic acids is 1. The highest BCUT2D eigenvalue weighted by atomic mass is 16.4. The highest BCUT2D eigenvalue weighted by Gasteiger charge is 2.34. The Bertz CT molecular complexity index is 1160. The van der Waals surface area contributed by atoms with Gasteiger partial charge in [0.15, 0.2) is 0 Å². The number of carbonyl (C=O) groups is 8. The minimum absolute atomic E-state index is 0.117. The molecule has 0 heterocycles. The lowest BCUT2D eigenvalue weighted by Gasteiger charge is -2.29. The smallest absolute Gasteiger partial charge is 0.326 e. The van der Waals surface area contributed by atoms with E-state index in [4.69, 9.17) is 11.5 Å². The Morgan fingerprint density at radius 2 is 1.08 bits per heavy atom. The molecule has 0 bridgehead atoms. The second-order valence-electron chi connectivity index (χ2n) is 13.0. The molecule has 0 spiro atoms. The zero-order valence-corrected chi connectivity index (χ0v) is 29.5. The second-order valence-corrected chi connectivity index (χ2v) is 13.0. The average Bonchev–Trinajstić information content (AvgIpc) is 2.99. The standard InChI is InChI=1S/C31H56N8O9/c1-10-17(8)22(33)28(44)35-18(9)26(42)34-13-21(41)36-19(11-12-20(32)40)27(43)37-23(14(2)3)29(45)38-24(15(4)5)30(46)39-25(16(6)7)31(47)48/h14-19,22-25H,10-13,33H2,1-9H3,(H2,32,40)(H,34,42)(H,35,44)(H,36,41)(H,37,43)(H,38,45)(H,39,46)(H,47,48)/t17-,18-,19-,22-,23-,24-,25-/m0/s1. The summed E-state index contributed by atoms with van der Waals surface area (Å²) in [6.07, 6.45) is 0.139. The lowest BCUT2D eigenvalue weighted by atomic mass is 9.98. The van der Waals surface area contributed by atoms with Crippen LogP contribution in [-0.2, 0) is 38.4 Å². The van der Waals surface area contributed by atoms with Crippen molar-refractivity contribution >= 4 is 47.3 Å². The number of carboxylic acids is 1. The zero-order valence-electron chi connectivity index (χ0n) is 29.5. The summed E-state index contributed by atoms with van der Waals surface area (Å²) in [6, 6.07) is -6.71. The van der Waals surface area contributed by atoms with Crippen molar-refractivity contribution in [1.82, 2.24) is 31.9 Å². The van der Waals surface area contributed by atoms with Crippen molar-refractivity contribution in [2.75, 3.05) is 6.54 Å². The fraction of sp³-hybridized carbons (Fsp3) is 0.742. The van der Waals surface area contributed by atoms with Gasteiger partial charge in [-0.2, -0.15) is 0 Å². The molecule has 0 aliphatic rings. The van der Waals surface area contributed by atoms with E-state index in [1.54, 1.807) is 48.5 Å². The van der Waals surface area contributed by atoms with Gasteiger partial charge in [0.25, 0.3) is 0 Å². The third-order valence-electron chi connectivity index (χ3n) is 7.79. The molecule has 0 aromatic heterocycles. The molecule has 0 aliphatic carbocycles. The maximum atomic E-state index is 13.3. The van der Waals surface area contributed by atoms with Crippen LogP contribution in [0.15, 0.2) is 0 Å². The molecule has 0 saturated heterocycles. The molecule has 0 radical (unpaired) electrons. The molecule has 0 unspecified atom stereocenters. The number of hydrogen-bond donors (Lipinski definition) is 9. The molecule has 17 heteroatoms. The van der Waals surface area contributed by atoms with Gasteiger partial charge in [-0.25, -0.2) is 4.79 Å². The van der Waals surface area contributed by atoms with E-state index in [1.165, 1.54) is 6.92 Å². The summed E-state index contributed by atoms with van der Waals surface area (Å²) >= 11 is 0. The predicted molar refractivity (Wildman–Crippen MR) is 176 cm³/mol. The van der Waals surface area contributed by atoms with Gasteiger partial charge in [-0.05, 0) is 37.0 Å². The monoisotopic (exact) mass is 684 g/mol.